The van der Waals surface area contributed by atoms with Crippen molar-refractivity contribution in [2.75, 3.05) is 19.6 Å². The van der Waals surface area contributed by atoms with Crippen LogP contribution < -0.4 is 5.73 Å². The first kappa shape index (κ1) is 19.5. The monoisotopic (exact) mass is 392 g/mol. The number of halogens is 1. The molecule has 0 saturated carbocycles. The topological polar surface area (TPSA) is 72.1 Å². The Morgan fingerprint density at radius 1 is 1.21 bits per heavy atom. The second-order valence-corrected chi connectivity index (χ2v) is 7.62. The average molecular weight is 392 g/mol. The van der Waals surface area contributed by atoms with Gasteiger partial charge in [0.25, 0.3) is 5.91 Å². The highest BCUT2D eigenvalue weighted by Gasteiger charge is 2.23. The second-order valence-electron chi connectivity index (χ2n) is 7.62. The highest BCUT2D eigenvalue weighted by molar-refractivity contribution is 6.05. The van der Waals surface area contributed by atoms with E-state index in [0.717, 1.165) is 36.3 Å². The van der Waals surface area contributed by atoms with Crippen LogP contribution in [-0.2, 0) is 12.8 Å². The Hall–Kier alpha value is -2.86. The van der Waals surface area contributed by atoms with Crippen molar-refractivity contribution in [2.45, 2.75) is 32.1 Å². The number of aromatic nitrogens is 2. The van der Waals surface area contributed by atoms with Gasteiger partial charge in [-0.25, -0.2) is 14.4 Å². The van der Waals surface area contributed by atoms with Crippen LogP contribution in [0.4, 0.5) is 4.39 Å². The van der Waals surface area contributed by atoms with Crippen molar-refractivity contribution < 1.29 is 9.18 Å². The summed E-state index contributed by atoms with van der Waals surface area (Å²) in [6.07, 6.45) is 2.51. The van der Waals surface area contributed by atoms with E-state index in [1.807, 2.05) is 25.1 Å². The summed E-state index contributed by atoms with van der Waals surface area (Å²) < 4.78 is 13.9. The maximum absolute atomic E-state index is 13.9. The van der Waals surface area contributed by atoms with Gasteiger partial charge in [0.05, 0.1) is 16.8 Å². The Bertz CT molecular complexity index is 1050. The predicted molar refractivity (Wildman–Crippen MR) is 111 cm³/mol. The second kappa shape index (κ2) is 8.25. The summed E-state index contributed by atoms with van der Waals surface area (Å²) in [4.78, 5) is 23.7. The van der Waals surface area contributed by atoms with Crippen LogP contribution in [0.5, 0.6) is 0 Å². The SMILES string of the molecule is CCc1nc(C[C@H](CN2CCC2)c2cccc(F)c2)c2cccc(C(N)=O)c2n1. The van der Waals surface area contributed by atoms with E-state index in [0.29, 0.717) is 29.7 Å². The first-order valence-electron chi connectivity index (χ1n) is 10.1. The first-order chi connectivity index (χ1) is 14.0. The fourth-order valence-electron chi connectivity index (χ4n) is 3.94. The first-order valence-corrected chi connectivity index (χ1v) is 10.1. The number of nitrogens with two attached hydrogens (primary N) is 1. The smallest absolute Gasteiger partial charge is 0.250 e. The van der Waals surface area contributed by atoms with Gasteiger partial charge in [0.1, 0.15) is 11.6 Å². The van der Waals surface area contributed by atoms with Crippen LogP contribution in [0.2, 0.25) is 0 Å². The molecule has 0 spiro atoms. The summed E-state index contributed by atoms with van der Waals surface area (Å²) in [5.41, 5.74) is 8.43. The van der Waals surface area contributed by atoms with Gasteiger partial charge in [-0.3, -0.25) is 4.79 Å². The van der Waals surface area contributed by atoms with Gasteiger partial charge in [-0.15, -0.1) is 0 Å². The third-order valence-corrected chi connectivity index (χ3v) is 5.62. The molecular formula is C23H25FN4O. The fourth-order valence-corrected chi connectivity index (χ4v) is 3.94. The van der Waals surface area contributed by atoms with Crippen LogP contribution in [0.1, 0.15) is 46.7 Å². The third kappa shape index (κ3) is 4.12. The van der Waals surface area contributed by atoms with Crippen molar-refractivity contribution in [1.82, 2.24) is 14.9 Å². The van der Waals surface area contributed by atoms with Gasteiger partial charge in [0, 0.05) is 24.3 Å². The van der Waals surface area contributed by atoms with E-state index in [9.17, 15) is 9.18 Å². The zero-order valence-electron chi connectivity index (χ0n) is 16.6. The number of fused-ring (bicyclic) bond motifs is 1. The van der Waals surface area contributed by atoms with Gasteiger partial charge in [0.15, 0.2) is 0 Å². The lowest BCUT2D eigenvalue weighted by Crippen LogP contribution is -2.40. The number of carbonyl (C=O) groups excluding carboxylic acids is 1. The van der Waals surface area contributed by atoms with Crippen LogP contribution >= 0.6 is 0 Å². The molecule has 4 rings (SSSR count). The molecule has 1 atom stereocenters. The molecule has 0 aliphatic carbocycles. The van der Waals surface area contributed by atoms with Crippen LogP contribution in [0.25, 0.3) is 10.9 Å². The molecule has 2 heterocycles. The van der Waals surface area contributed by atoms with E-state index in [-0.39, 0.29) is 11.7 Å². The van der Waals surface area contributed by atoms with Crippen LogP contribution in [0.15, 0.2) is 42.5 Å². The molecule has 1 aliphatic heterocycles. The molecule has 0 radical (unpaired) electrons. The van der Waals surface area contributed by atoms with Crippen LogP contribution in [0.3, 0.4) is 0 Å². The number of amides is 1. The highest BCUT2D eigenvalue weighted by atomic mass is 19.1. The molecule has 1 aromatic heterocycles. The molecule has 1 fully saturated rings. The number of nitrogens with zero attached hydrogens (tertiary/aromatic N) is 3. The normalized spacial score (nSPS) is 15.2. The predicted octanol–water partition coefficient (Wildman–Crippen LogP) is 3.46. The Morgan fingerprint density at radius 3 is 2.66 bits per heavy atom. The Balaban J connectivity index is 1.78. The summed E-state index contributed by atoms with van der Waals surface area (Å²) in [7, 11) is 0. The maximum Gasteiger partial charge on any atom is 0.250 e. The molecular weight excluding hydrogens is 367 g/mol. The molecule has 1 amide bonds. The van der Waals surface area contributed by atoms with Crippen LogP contribution in [0, 0.1) is 5.82 Å². The van der Waals surface area contributed by atoms with Gasteiger partial charge < -0.3 is 10.6 Å². The Kier molecular flexibility index (Phi) is 5.53. The minimum Gasteiger partial charge on any atom is -0.366 e. The van der Waals surface area contributed by atoms with Gasteiger partial charge in [-0.2, -0.15) is 0 Å². The minimum absolute atomic E-state index is 0.103. The average Bonchev–Trinajstić information content (AvgIpc) is 2.68. The zero-order chi connectivity index (χ0) is 20.4. The molecule has 2 N–H and O–H groups in total. The van der Waals surface area contributed by atoms with Gasteiger partial charge in [-0.05, 0) is 49.7 Å². The fraction of sp³-hybridized carbons (Fsp3) is 0.348. The highest BCUT2D eigenvalue weighted by Crippen LogP contribution is 2.28. The van der Waals surface area contributed by atoms with Crippen molar-refractivity contribution in [3.8, 4) is 0 Å². The molecule has 0 bridgehead atoms. The van der Waals surface area contributed by atoms with Gasteiger partial charge in [0.2, 0.25) is 0 Å². The number of rotatable bonds is 7. The number of likely N-dealkylation sites (tertiary alicyclic amines) is 1. The summed E-state index contributed by atoms with van der Waals surface area (Å²) in [5.74, 6) is 0.0627. The molecule has 2 aromatic carbocycles. The number of benzene rings is 2. The summed E-state index contributed by atoms with van der Waals surface area (Å²) in [6.45, 7) is 4.98. The molecule has 29 heavy (non-hydrogen) atoms. The maximum atomic E-state index is 13.9. The number of aryl methyl sites for hydroxylation is 1. The minimum atomic E-state index is -0.496. The van der Waals surface area contributed by atoms with Crippen LogP contribution in [-0.4, -0.2) is 40.4 Å². The molecule has 6 heteroatoms. The molecule has 5 nitrogen and oxygen atoms in total. The number of hydrogen-bond donors (Lipinski definition) is 1. The molecule has 1 aliphatic rings. The number of para-hydroxylation sites is 1. The number of hydrogen-bond acceptors (Lipinski definition) is 4. The standard InChI is InChI=1S/C23H25FN4O/c1-2-21-26-20(18-8-4-9-19(23(25)29)22(18)27-21)13-16(14-28-10-5-11-28)15-6-3-7-17(24)12-15/h3-4,6-9,12,16H,2,5,10-11,13-14H2,1H3,(H2,25,29)/t16-/m1/s1. The van der Waals surface area contributed by atoms with Crippen molar-refractivity contribution in [3.05, 3.63) is 70.9 Å². The number of primary amides is 1. The molecule has 0 unspecified atom stereocenters. The quantitative estimate of drug-likeness (QED) is 0.668. The van der Waals surface area contributed by atoms with Crippen molar-refractivity contribution in [1.29, 1.82) is 0 Å². The van der Waals surface area contributed by atoms with E-state index < -0.39 is 5.91 Å². The number of carbonyl (C=O) groups is 1. The van der Waals surface area contributed by atoms with Crippen molar-refractivity contribution in [3.63, 3.8) is 0 Å². The van der Waals surface area contributed by atoms with E-state index in [4.69, 9.17) is 10.7 Å². The Labute approximate surface area is 169 Å². The summed E-state index contributed by atoms with van der Waals surface area (Å²) >= 11 is 0. The van der Waals surface area contributed by atoms with Crippen molar-refractivity contribution >= 4 is 16.8 Å². The van der Waals surface area contributed by atoms with E-state index in [2.05, 4.69) is 9.88 Å². The Morgan fingerprint density at radius 2 is 2.00 bits per heavy atom. The van der Waals surface area contributed by atoms with Gasteiger partial charge >= 0.3 is 0 Å². The third-order valence-electron chi connectivity index (χ3n) is 5.62. The molecule has 1 saturated heterocycles. The zero-order valence-corrected chi connectivity index (χ0v) is 16.6. The van der Waals surface area contributed by atoms with E-state index in [1.165, 1.54) is 12.5 Å². The molecule has 3 aromatic rings. The van der Waals surface area contributed by atoms with E-state index in [1.54, 1.807) is 18.2 Å². The largest absolute Gasteiger partial charge is 0.366 e. The lowest BCUT2D eigenvalue weighted by Gasteiger charge is -2.34. The lowest BCUT2D eigenvalue weighted by atomic mass is 9.91. The van der Waals surface area contributed by atoms with E-state index >= 15 is 0 Å². The lowest BCUT2D eigenvalue weighted by molar-refractivity contribution is 0.100. The van der Waals surface area contributed by atoms with Gasteiger partial charge in [-0.1, -0.05) is 31.2 Å². The summed E-state index contributed by atoms with van der Waals surface area (Å²) in [6, 6.07) is 12.3. The summed E-state index contributed by atoms with van der Waals surface area (Å²) in [5, 5.41) is 0.837. The van der Waals surface area contributed by atoms with Crippen molar-refractivity contribution in [2.24, 2.45) is 5.73 Å². The molecule has 150 valence electrons.